The van der Waals surface area contributed by atoms with Crippen LogP contribution < -0.4 is 0 Å². The Morgan fingerprint density at radius 2 is 2.08 bits per heavy atom. The van der Waals surface area contributed by atoms with Crippen molar-refractivity contribution in [2.24, 2.45) is 0 Å². The molecule has 0 spiro atoms. The fraction of sp³-hybridized carbons (Fsp3) is 0.450. The van der Waals surface area contributed by atoms with Crippen molar-refractivity contribution in [2.75, 3.05) is 18.6 Å². The number of amides is 1. The third-order valence-electron chi connectivity index (χ3n) is 4.70. The second-order valence-corrected chi connectivity index (χ2v) is 7.34. The predicted octanol–water partition coefficient (Wildman–Crippen LogP) is 4.38. The smallest absolute Gasteiger partial charge is 0.233 e. The zero-order valence-corrected chi connectivity index (χ0v) is 15.3. The van der Waals surface area contributed by atoms with Gasteiger partial charge in [0.15, 0.2) is 0 Å². The van der Waals surface area contributed by atoms with Crippen LogP contribution in [-0.2, 0) is 9.53 Å². The van der Waals surface area contributed by atoms with Gasteiger partial charge in [-0.25, -0.2) is 0 Å². The number of likely N-dealkylation sites (tertiary alicyclic amines) is 1. The first-order valence-electron chi connectivity index (χ1n) is 8.60. The lowest BCUT2D eigenvalue weighted by atomic mass is 9.96. The van der Waals surface area contributed by atoms with E-state index in [1.54, 1.807) is 11.8 Å². The molecule has 0 aromatic heterocycles. The number of allylic oxidation sites excluding steroid dienone is 2. The maximum absolute atomic E-state index is 12.4. The summed E-state index contributed by atoms with van der Waals surface area (Å²) >= 11 is 1.59. The average Bonchev–Trinajstić information content (AvgIpc) is 2.63. The number of nitrogens with zero attached hydrogens (tertiary/aromatic N) is 1. The molecule has 0 saturated carbocycles. The fourth-order valence-corrected chi connectivity index (χ4v) is 3.76. The molecule has 1 saturated heterocycles. The van der Waals surface area contributed by atoms with Gasteiger partial charge in [0, 0.05) is 6.54 Å². The standard InChI is InChI=1S/C20H25NO2S/c1-15-6-8-16(9-7-15)17-10-11-19(23-13-17)18-5-3-4-12-21(18)20(22)14-24-2/h6-9,11,13,18H,3-5,10,12,14H2,1-2H3. The molecule has 2 heterocycles. The van der Waals surface area contributed by atoms with E-state index in [-0.39, 0.29) is 11.9 Å². The minimum Gasteiger partial charge on any atom is -0.467 e. The van der Waals surface area contributed by atoms with E-state index in [0.717, 1.165) is 38.0 Å². The zero-order chi connectivity index (χ0) is 16.9. The van der Waals surface area contributed by atoms with Crippen LogP contribution in [-0.4, -0.2) is 35.4 Å². The van der Waals surface area contributed by atoms with Crippen LogP contribution in [0.4, 0.5) is 0 Å². The van der Waals surface area contributed by atoms with Gasteiger partial charge in [0.05, 0.1) is 18.1 Å². The molecular weight excluding hydrogens is 318 g/mol. The number of carbonyl (C=O) groups is 1. The number of piperidine rings is 1. The number of rotatable bonds is 4. The number of benzene rings is 1. The van der Waals surface area contributed by atoms with Crippen LogP contribution in [0.25, 0.3) is 5.57 Å². The maximum Gasteiger partial charge on any atom is 0.233 e. The second kappa shape index (κ2) is 7.93. The summed E-state index contributed by atoms with van der Waals surface area (Å²) in [5, 5.41) is 0. The predicted molar refractivity (Wildman–Crippen MR) is 101 cm³/mol. The number of thioether (sulfide) groups is 1. The van der Waals surface area contributed by atoms with Crippen LogP contribution in [0, 0.1) is 6.92 Å². The Bertz CT molecular complexity index is 648. The van der Waals surface area contributed by atoms with Gasteiger partial charge in [0.1, 0.15) is 5.76 Å². The van der Waals surface area contributed by atoms with Gasteiger partial charge in [0.25, 0.3) is 0 Å². The quantitative estimate of drug-likeness (QED) is 0.812. The molecule has 1 aromatic carbocycles. The van der Waals surface area contributed by atoms with Crippen molar-refractivity contribution in [1.29, 1.82) is 0 Å². The molecule has 0 aliphatic carbocycles. The lowest BCUT2D eigenvalue weighted by Gasteiger charge is -2.37. The van der Waals surface area contributed by atoms with Crippen LogP contribution in [0.1, 0.15) is 36.8 Å². The summed E-state index contributed by atoms with van der Waals surface area (Å²) in [5.74, 6) is 1.72. The van der Waals surface area contributed by atoms with Crippen molar-refractivity contribution >= 4 is 23.2 Å². The molecule has 1 fully saturated rings. The molecule has 1 amide bonds. The molecule has 1 aromatic rings. The van der Waals surface area contributed by atoms with Gasteiger partial charge < -0.3 is 9.64 Å². The number of aryl methyl sites for hydroxylation is 1. The van der Waals surface area contributed by atoms with Gasteiger partial charge in [-0.1, -0.05) is 29.8 Å². The largest absolute Gasteiger partial charge is 0.467 e. The van der Waals surface area contributed by atoms with E-state index < -0.39 is 0 Å². The van der Waals surface area contributed by atoms with Crippen molar-refractivity contribution in [3.8, 4) is 0 Å². The van der Waals surface area contributed by atoms with E-state index in [1.165, 1.54) is 16.7 Å². The molecule has 2 aliphatic rings. The minimum atomic E-state index is 0.106. The van der Waals surface area contributed by atoms with Crippen LogP contribution in [0.15, 0.2) is 42.4 Å². The Morgan fingerprint density at radius 3 is 2.75 bits per heavy atom. The van der Waals surface area contributed by atoms with E-state index in [9.17, 15) is 4.79 Å². The summed E-state index contributed by atoms with van der Waals surface area (Å²) in [5.41, 5.74) is 3.66. The minimum absolute atomic E-state index is 0.106. The summed E-state index contributed by atoms with van der Waals surface area (Å²) in [7, 11) is 0. The van der Waals surface area contributed by atoms with E-state index in [4.69, 9.17) is 4.74 Å². The molecule has 1 atom stereocenters. The number of hydrogen-bond donors (Lipinski definition) is 0. The van der Waals surface area contributed by atoms with E-state index in [1.807, 2.05) is 17.4 Å². The third-order valence-corrected chi connectivity index (χ3v) is 5.24. The maximum atomic E-state index is 12.4. The Balaban J connectivity index is 1.69. The molecule has 1 unspecified atom stereocenters. The van der Waals surface area contributed by atoms with Gasteiger partial charge in [-0.05, 0) is 56.1 Å². The molecule has 0 radical (unpaired) electrons. The highest BCUT2D eigenvalue weighted by atomic mass is 32.2. The zero-order valence-electron chi connectivity index (χ0n) is 14.5. The van der Waals surface area contributed by atoms with Crippen LogP contribution in [0.2, 0.25) is 0 Å². The highest BCUT2D eigenvalue weighted by Gasteiger charge is 2.30. The molecule has 128 valence electrons. The number of ether oxygens (including phenoxy) is 1. The lowest BCUT2D eigenvalue weighted by Crippen LogP contribution is -2.46. The Kier molecular flexibility index (Phi) is 5.67. The third kappa shape index (κ3) is 3.86. The summed E-state index contributed by atoms with van der Waals surface area (Å²) in [6.07, 6.45) is 10.1. The monoisotopic (exact) mass is 343 g/mol. The molecule has 0 N–H and O–H groups in total. The molecular formula is C20H25NO2S. The average molecular weight is 343 g/mol. The summed E-state index contributed by atoms with van der Waals surface area (Å²) in [6.45, 7) is 2.94. The molecule has 4 heteroatoms. The summed E-state index contributed by atoms with van der Waals surface area (Å²) in [6, 6.07) is 8.63. The van der Waals surface area contributed by atoms with Gasteiger partial charge >= 0.3 is 0 Å². The van der Waals surface area contributed by atoms with Gasteiger partial charge in [-0.15, -0.1) is 0 Å². The van der Waals surface area contributed by atoms with Gasteiger partial charge in [-0.3, -0.25) is 4.79 Å². The number of carbonyl (C=O) groups excluding carboxylic acids is 1. The first-order chi connectivity index (χ1) is 11.7. The van der Waals surface area contributed by atoms with E-state index in [0.29, 0.717) is 5.75 Å². The normalized spacial score (nSPS) is 20.9. The van der Waals surface area contributed by atoms with E-state index >= 15 is 0 Å². The Labute approximate surface area is 148 Å². The molecule has 24 heavy (non-hydrogen) atoms. The van der Waals surface area contributed by atoms with Gasteiger partial charge in [0.2, 0.25) is 5.91 Å². The van der Waals surface area contributed by atoms with Crippen molar-refractivity contribution in [2.45, 2.75) is 38.6 Å². The van der Waals surface area contributed by atoms with E-state index in [2.05, 4.69) is 37.3 Å². The van der Waals surface area contributed by atoms with Crippen molar-refractivity contribution in [1.82, 2.24) is 4.90 Å². The van der Waals surface area contributed by atoms with Crippen molar-refractivity contribution < 1.29 is 9.53 Å². The Hall–Kier alpha value is -1.68. The SMILES string of the molecule is CSCC(=O)N1CCCCC1C1=CCC(c2ccc(C)cc2)=CO1. The van der Waals surface area contributed by atoms with Crippen LogP contribution in [0.5, 0.6) is 0 Å². The molecule has 2 aliphatic heterocycles. The molecule has 0 bridgehead atoms. The topological polar surface area (TPSA) is 29.5 Å². The lowest BCUT2D eigenvalue weighted by molar-refractivity contribution is -0.131. The second-order valence-electron chi connectivity index (χ2n) is 6.47. The summed E-state index contributed by atoms with van der Waals surface area (Å²) in [4.78, 5) is 14.4. The summed E-state index contributed by atoms with van der Waals surface area (Å²) < 4.78 is 5.97. The molecule has 3 nitrogen and oxygen atoms in total. The van der Waals surface area contributed by atoms with Crippen molar-refractivity contribution in [3.05, 3.63) is 53.5 Å². The fourth-order valence-electron chi connectivity index (χ4n) is 3.35. The molecule has 3 rings (SSSR count). The first-order valence-corrected chi connectivity index (χ1v) is 9.99. The highest BCUT2D eigenvalue weighted by Crippen LogP contribution is 2.31. The van der Waals surface area contributed by atoms with Crippen LogP contribution in [0.3, 0.4) is 0 Å². The number of hydrogen-bond acceptors (Lipinski definition) is 3. The Morgan fingerprint density at radius 1 is 1.29 bits per heavy atom. The first kappa shape index (κ1) is 17.2. The highest BCUT2D eigenvalue weighted by molar-refractivity contribution is 7.99. The van der Waals surface area contributed by atoms with Gasteiger partial charge in [-0.2, -0.15) is 11.8 Å². The van der Waals surface area contributed by atoms with Crippen molar-refractivity contribution in [3.63, 3.8) is 0 Å². The van der Waals surface area contributed by atoms with Crippen LogP contribution >= 0.6 is 11.8 Å².